The van der Waals surface area contributed by atoms with Crippen molar-refractivity contribution in [1.82, 2.24) is 4.57 Å². The third-order valence-electron chi connectivity index (χ3n) is 10.3. The summed E-state index contributed by atoms with van der Waals surface area (Å²) in [6.07, 6.45) is 0. The van der Waals surface area contributed by atoms with Gasteiger partial charge >= 0.3 is 0 Å². The van der Waals surface area contributed by atoms with Gasteiger partial charge in [-0.1, -0.05) is 115 Å². The Bertz CT molecular complexity index is 2940. The van der Waals surface area contributed by atoms with Crippen molar-refractivity contribution in [3.8, 4) is 50.2 Å². The smallest absolute Gasteiger partial charge is 0.136 e. The second-order valence-corrected chi connectivity index (χ2v) is 12.9. The van der Waals surface area contributed by atoms with Crippen LogP contribution in [0, 0.1) is 0 Å². The molecule has 0 aliphatic heterocycles. The lowest BCUT2D eigenvalue weighted by molar-refractivity contribution is 0.669. The first-order valence-electron chi connectivity index (χ1n) is 16.5. The van der Waals surface area contributed by atoms with Crippen molar-refractivity contribution in [2.75, 3.05) is 0 Å². The number of hydrogen-bond acceptors (Lipinski definition) is 1. The van der Waals surface area contributed by atoms with E-state index in [2.05, 4.69) is 168 Å². The number of benzene rings is 8. The number of nitrogens with zero attached hydrogens (tertiary/aromatic N) is 1. The molecule has 2 heterocycles. The molecule has 0 bridgehead atoms. The normalized spacial score (nSPS) is 12.2. The zero-order valence-corrected chi connectivity index (χ0v) is 25.9. The third-order valence-corrected chi connectivity index (χ3v) is 10.3. The zero-order chi connectivity index (χ0) is 31.3. The average molecular weight is 610 g/mol. The molecule has 1 aliphatic carbocycles. The van der Waals surface area contributed by atoms with Crippen molar-refractivity contribution < 1.29 is 4.42 Å². The van der Waals surface area contributed by atoms with E-state index in [1.54, 1.807) is 0 Å². The fraction of sp³-hybridized carbons (Fsp3) is 0. The van der Waals surface area contributed by atoms with Crippen molar-refractivity contribution >= 4 is 54.5 Å². The first-order chi connectivity index (χ1) is 23.8. The molecule has 48 heavy (non-hydrogen) atoms. The topological polar surface area (TPSA) is 18.1 Å². The van der Waals surface area contributed by atoms with E-state index in [4.69, 9.17) is 4.42 Å². The molecule has 0 spiro atoms. The number of fused-ring (bicyclic) bond motifs is 10. The number of hydrogen-bond donors (Lipinski definition) is 0. The average Bonchev–Trinajstić information content (AvgIpc) is 3.80. The van der Waals surface area contributed by atoms with E-state index >= 15 is 0 Å². The summed E-state index contributed by atoms with van der Waals surface area (Å²) in [6.45, 7) is 0. The van der Waals surface area contributed by atoms with Crippen LogP contribution in [0.15, 0.2) is 168 Å². The maximum absolute atomic E-state index is 6.55. The highest BCUT2D eigenvalue weighted by Gasteiger charge is 2.24. The lowest BCUT2D eigenvalue weighted by Crippen LogP contribution is -1.94. The quantitative estimate of drug-likeness (QED) is 0.195. The van der Waals surface area contributed by atoms with Gasteiger partial charge in [0.25, 0.3) is 0 Å². The SMILES string of the molecule is c1ccc(-c2cccc(-n3c4ccccc4c4cc(-c5ccc6oc7cc8c9c(cccc9c7c6c5)-c5ccccc5-8)ccc43)c2)cc1. The summed E-state index contributed by atoms with van der Waals surface area (Å²) in [5, 5.41) is 7.42. The molecule has 11 rings (SSSR count). The summed E-state index contributed by atoms with van der Waals surface area (Å²) in [4.78, 5) is 0. The van der Waals surface area contributed by atoms with Crippen molar-refractivity contribution in [2.45, 2.75) is 0 Å². The Balaban J connectivity index is 1.10. The highest BCUT2D eigenvalue weighted by Crippen LogP contribution is 2.51. The molecule has 2 aromatic heterocycles. The van der Waals surface area contributed by atoms with Gasteiger partial charge in [0.15, 0.2) is 0 Å². The van der Waals surface area contributed by atoms with Gasteiger partial charge < -0.3 is 8.98 Å². The molecule has 0 N–H and O–H groups in total. The Kier molecular flexibility index (Phi) is 5.14. The molecular formula is C46H27NO. The van der Waals surface area contributed by atoms with Gasteiger partial charge in [-0.3, -0.25) is 0 Å². The van der Waals surface area contributed by atoms with E-state index in [0.717, 1.165) is 22.2 Å². The van der Waals surface area contributed by atoms with Crippen LogP contribution in [0.2, 0.25) is 0 Å². The Morgan fingerprint density at radius 3 is 1.88 bits per heavy atom. The van der Waals surface area contributed by atoms with Gasteiger partial charge in [0, 0.05) is 27.2 Å². The zero-order valence-electron chi connectivity index (χ0n) is 25.9. The summed E-state index contributed by atoms with van der Waals surface area (Å²) < 4.78 is 8.95. The second kappa shape index (κ2) is 9.57. The second-order valence-electron chi connectivity index (χ2n) is 12.9. The van der Waals surface area contributed by atoms with Gasteiger partial charge in [0.05, 0.1) is 11.0 Å². The monoisotopic (exact) mass is 609 g/mol. The summed E-state index contributed by atoms with van der Waals surface area (Å²) in [5.41, 5.74) is 15.4. The lowest BCUT2D eigenvalue weighted by Gasteiger charge is -2.11. The van der Waals surface area contributed by atoms with Crippen LogP contribution in [-0.4, -0.2) is 4.57 Å². The molecule has 0 amide bonds. The van der Waals surface area contributed by atoms with E-state index in [9.17, 15) is 0 Å². The molecule has 222 valence electrons. The molecule has 0 saturated heterocycles. The number of para-hydroxylation sites is 1. The van der Waals surface area contributed by atoms with Crippen LogP contribution < -0.4 is 0 Å². The van der Waals surface area contributed by atoms with Crippen LogP contribution in [0.5, 0.6) is 0 Å². The molecule has 1 aliphatic rings. The summed E-state index contributed by atoms with van der Waals surface area (Å²) in [6, 6.07) is 59.4. The predicted molar refractivity (Wildman–Crippen MR) is 201 cm³/mol. The Hall–Kier alpha value is -6.38. The predicted octanol–water partition coefficient (Wildman–Crippen LogP) is 12.8. The van der Waals surface area contributed by atoms with Crippen LogP contribution in [0.25, 0.3) is 105 Å². The standard InChI is InChI=1S/C46H27NO/c1-2-10-28(11-3-1)29-12-8-13-32(24-29)47-41-19-7-6-16-35(41)38-25-30(20-22-42(38)47)31-21-23-43-40(26-31)46-37-18-9-17-36-33-14-4-5-15-34(33)39(45(36)37)27-44(46)48-43/h1-27H. The molecule has 2 heteroatoms. The molecule has 0 saturated carbocycles. The fourth-order valence-electron chi connectivity index (χ4n) is 8.21. The highest BCUT2D eigenvalue weighted by molar-refractivity contribution is 6.28. The molecule has 8 aromatic carbocycles. The van der Waals surface area contributed by atoms with Crippen LogP contribution in [0.3, 0.4) is 0 Å². The summed E-state index contributed by atoms with van der Waals surface area (Å²) >= 11 is 0. The number of rotatable bonds is 3. The third kappa shape index (κ3) is 3.52. The first kappa shape index (κ1) is 25.8. The van der Waals surface area contributed by atoms with Crippen molar-refractivity contribution in [1.29, 1.82) is 0 Å². The van der Waals surface area contributed by atoms with Crippen LogP contribution in [-0.2, 0) is 0 Å². The van der Waals surface area contributed by atoms with E-state index in [0.29, 0.717) is 0 Å². The minimum atomic E-state index is 0.919. The molecule has 0 radical (unpaired) electrons. The maximum atomic E-state index is 6.55. The van der Waals surface area contributed by atoms with Gasteiger partial charge in [0.1, 0.15) is 11.2 Å². The van der Waals surface area contributed by atoms with E-state index in [-0.39, 0.29) is 0 Å². The lowest BCUT2D eigenvalue weighted by atomic mass is 9.96. The van der Waals surface area contributed by atoms with Crippen molar-refractivity contribution in [2.24, 2.45) is 0 Å². The minimum Gasteiger partial charge on any atom is -0.456 e. The molecule has 0 unspecified atom stereocenters. The Morgan fingerprint density at radius 2 is 0.979 bits per heavy atom. The Labute approximate surface area is 276 Å². The summed E-state index contributed by atoms with van der Waals surface area (Å²) in [7, 11) is 0. The Morgan fingerprint density at radius 1 is 0.333 bits per heavy atom. The highest BCUT2D eigenvalue weighted by atomic mass is 16.3. The van der Waals surface area contributed by atoms with Gasteiger partial charge in [-0.2, -0.15) is 0 Å². The van der Waals surface area contributed by atoms with Gasteiger partial charge in [0.2, 0.25) is 0 Å². The van der Waals surface area contributed by atoms with Crippen molar-refractivity contribution in [3.63, 3.8) is 0 Å². The molecule has 0 atom stereocenters. The molecular weight excluding hydrogens is 583 g/mol. The van der Waals surface area contributed by atoms with Gasteiger partial charge in [-0.15, -0.1) is 0 Å². The van der Waals surface area contributed by atoms with Gasteiger partial charge in [-0.25, -0.2) is 0 Å². The summed E-state index contributed by atoms with van der Waals surface area (Å²) in [5.74, 6) is 0. The molecule has 10 aromatic rings. The van der Waals surface area contributed by atoms with Gasteiger partial charge in [-0.05, 0) is 104 Å². The molecule has 2 nitrogen and oxygen atoms in total. The van der Waals surface area contributed by atoms with Crippen LogP contribution in [0.4, 0.5) is 0 Å². The largest absolute Gasteiger partial charge is 0.456 e. The fourth-order valence-corrected chi connectivity index (χ4v) is 8.21. The van der Waals surface area contributed by atoms with Crippen LogP contribution >= 0.6 is 0 Å². The van der Waals surface area contributed by atoms with E-state index < -0.39 is 0 Å². The first-order valence-corrected chi connectivity index (χ1v) is 16.5. The minimum absolute atomic E-state index is 0.919. The number of furan rings is 1. The van der Waals surface area contributed by atoms with E-state index in [1.807, 2.05) is 0 Å². The molecule has 0 fully saturated rings. The maximum Gasteiger partial charge on any atom is 0.136 e. The van der Waals surface area contributed by atoms with Crippen molar-refractivity contribution in [3.05, 3.63) is 164 Å². The number of aromatic nitrogens is 1. The van der Waals surface area contributed by atoms with E-state index in [1.165, 1.54) is 82.5 Å². The van der Waals surface area contributed by atoms with Crippen LogP contribution in [0.1, 0.15) is 0 Å².